The highest BCUT2D eigenvalue weighted by atomic mass is 32.2. The maximum atomic E-state index is 13.2. The lowest BCUT2D eigenvalue weighted by Crippen LogP contribution is -2.57. The maximum Gasteiger partial charge on any atom is 0.360 e. The van der Waals surface area contributed by atoms with Crippen molar-refractivity contribution in [3.05, 3.63) is 44.0 Å². The van der Waals surface area contributed by atoms with Gasteiger partial charge in [-0.2, -0.15) is 0 Å². The first-order valence-corrected chi connectivity index (χ1v) is 15.9. The first-order chi connectivity index (χ1) is 22.0. The minimum atomic E-state index is -4.83. The van der Waals surface area contributed by atoms with E-state index in [0.717, 1.165) is 28.2 Å². The van der Waals surface area contributed by atoms with Gasteiger partial charge in [-0.3, -0.25) is 28.6 Å². The van der Waals surface area contributed by atoms with Crippen LogP contribution in [0.25, 0.3) is 11.5 Å². The number of carbonyl (C=O) groups is 4. The van der Waals surface area contributed by atoms with Gasteiger partial charge in [0.05, 0.1) is 24.8 Å². The summed E-state index contributed by atoms with van der Waals surface area (Å²) in [6.07, 6.45) is 0.404. The Morgan fingerprint density at radius 1 is 1.26 bits per heavy atom. The molecule has 0 radical (unpaired) electrons. The van der Waals surface area contributed by atoms with Gasteiger partial charge in [-0.25, -0.2) is 23.0 Å². The molecular formula is C25H28N8O12S2. The van der Waals surface area contributed by atoms with Crippen molar-refractivity contribution in [2.45, 2.75) is 32.4 Å². The Morgan fingerprint density at radius 3 is 2.53 bits per heavy atom. The fraction of sp³-hybridized carbons (Fsp3) is 0.400. The topological polar surface area (TPSA) is 289 Å². The summed E-state index contributed by atoms with van der Waals surface area (Å²) in [5.74, 6) is -7.63. The Kier molecular flexibility index (Phi) is 9.77. The molecule has 4 heterocycles. The van der Waals surface area contributed by atoms with Crippen LogP contribution in [-0.2, 0) is 45.3 Å². The van der Waals surface area contributed by atoms with Crippen LogP contribution in [-0.4, -0.2) is 108 Å². The number of amides is 2. The first-order valence-electron chi connectivity index (χ1n) is 13.4. The molecular weight excluding hydrogens is 668 g/mol. The fourth-order valence-electron chi connectivity index (χ4n) is 4.06. The van der Waals surface area contributed by atoms with Gasteiger partial charge >= 0.3 is 11.7 Å². The number of nitrogen functional groups attached to an aromatic ring is 1. The standard InChI is InChI=1S/C25H28N8O12S2/c1-25(2,22(39)40)45-30-19(14-10-46-23(26)28-14)16(35)6-12-9-32(21(12)38)18(37)11-47(42,43)33-24(41)31(4-5-44-3)20(29-33)13-7-15(34)17(36)8-27-13/h7-8,10,12,36H,4-6,9,11H2,1-3H3,(H2,26,28)(H,27,34)(H,39,40)/b30-19-/t12-/m0/s1. The number of oxime groups is 1. The van der Waals surface area contributed by atoms with Crippen molar-refractivity contribution in [1.29, 1.82) is 0 Å². The van der Waals surface area contributed by atoms with Crippen LogP contribution in [0.15, 0.2) is 32.4 Å². The zero-order valence-corrected chi connectivity index (χ0v) is 26.5. The molecule has 0 spiro atoms. The number of hydrogen-bond acceptors (Lipinski definition) is 16. The molecule has 20 nitrogen and oxygen atoms in total. The van der Waals surface area contributed by atoms with Crippen LogP contribution in [0.5, 0.6) is 5.75 Å². The lowest BCUT2D eigenvalue weighted by atomic mass is 9.91. The van der Waals surface area contributed by atoms with Crippen molar-refractivity contribution < 1.29 is 47.4 Å². The second kappa shape index (κ2) is 13.3. The highest BCUT2D eigenvalue weighted by molar-refractivity contribution is 7.90. The Bertz CT molecular complexity index is 2010. The van der Waals surface area contributed by atoms with Crippen molar-refractivity contribution in [2.24, 2.45) is 11.1 Å². The number of aliphatic carboxylic acids is 1. The number of imide groups is 1. The third-order valence-corrected chi connectivity index (χ3v) is 8.77. The molecule has 22 heteroatoms. The molecule has 2 amide bonds. The number of likely N-dealkylation sites (tertiary alicyclic amines) is 1. The number of methoxy groups -OCH3 is 1. The Hall–Kier alpha value is -5.22. The minimum Gasteiger partial charge on any atom is -0.503 e. The van der Waals surface area contributed by atoms with Gasteiger partial charge in [0.15, 0.2) is 34.0 Å². The summed E-state index contributed by atoms with van der Waals surface area (Å²) in [6, 6.07) is 0.890. The number of carbonyl (C=O) groups excluding carboxylic acids is 3. The van der Waals surface area contributed by atoms with Gasteiger partial charge in [0.1, 0.15) is 5.69 Å². The molecule has 4 rings (SSSR count). The number of aromatic hydroxyl groups is 1. The van der Waals surface area contributed by atoms with Crippen LogP contribution in [0.1, 0.15) is 26.0 Å². The number of anilines is 1. The summed E-state index contributed by atoms with van der Waals surface area (Å²) >= 11 is 0.966. The van der Waals surface area contributed by atoms with Crippen molar-refractivity contribution in [3.8, 4) is 17.3 Å². The Balaban J connectivity index is 1.50. The predicted molar refractivity (Wildman–Crippen MR) is 161 cm³/mol. The zero-order valence-electron chi connectivity index (χ0n) is 24.9. The van der Waals surface area contributed by atoms with E-state index in [9.17, 15) is 47.4 Å². The predicted octanol–water partition coefficient (Wildman–Crippen LogP) is -1.80. The van der Waals surface area contributed by atoms with Crippen molar-refractivity contribution >= 4 is 55.8 Å². The van der Waals surface area contributed by atoms with Gasteiger partial charge in [0.2, 0.25) is 22.8 Å². The number of pyridine rings is 1. The lowest BCUT2D eigenvalue weighted by Gasteiger charge is -2.36. The van der Waals surface area contributed by atoms with Crippen molar-refractivity contribution in [1.82, 2.24) is 28.6 Å². The van der Waals surface area contributed by atoms with E-state index < -0.39 is 79.9 Å². The number of thiazole rings is 1. The van der Waals surface area contributed by atoms with Crippen molar-refractivity contribution in [3.63, 3.8) is 0 Å². The number of H-pyrrole nitrogens is 1. The number of aromatic nitrogens is 5. The second-order valence-electron chi connectivity index (χ2n) is 10.5. The number of rotatable bonds is 14. The van der Waals surface area contributed by atoms with Gasteiger partial charge < -0.3 is 30.5 Å². The molecule has 1 fully saturated rings. The van der Waals surface area contributed by atoms with Crippen LogP contribution in [0.3, 0.4) is 0 Å². The molecule has 3 aromatic heterocycles. The molecule has 0 aromatic carbocycles. The zero-order chi connectivity index (χ0) is 34.8. The number of aromatic amines is 1. The third-order valence-electron chi connectivity index (χ3n) is 6.72. The van der Waals surface area contributed by atoms with Crippen LogP contribution >= 0.6 is 11.3 Å². The van der Waals surface area contributed by atoms with E-state index in [0.29, 0.717) is 4.90 Å². The molecule has 47 heavy (non-hydrogen) atoms. The summed E-state index contributed by atoms with van der Waals surface area (Å²) < 4.78 is 32.2. The number of ether oxygens (including phenoxy) is 1. The number of carboxylic acid groups (broad SMARTS) is 1. The molecule has 3 aromatic rings. The molecule has 1 atom stereocenters. The molecule has 5 N–H and O–H groups in total. The van der Waals surface area contributed by atoms with E-state index in [1.807, 2.05) is 0 Å². The monoisotopic (exact) mass is 696 g/mol. The van der Waals surface area contributed by atoms with E-state index in [2.05, 4.69) is 20.2 Å². The van der Waals surface area contributed by atoms with Crippen LogP contribution in [0.4, 0.5) is 5.13 Å². The van der Waals surface area contributed by atoms with Gasteiger partial charge in [0.25, 0.3) is 10.0 Å². The number of hydrogen-bond donors (Lipinski definition) is 4. The minimum absolute atomic E-state index is 0.0318. The number of β-lactam (4-membered cyclic amide) rings is 1. The molecule has 1 aliphatic rings. The summed E-state index contributed by atoms with van der Waals surface area (Å²) in [6.45, 7) is 1.76. The average Bonchev–Trinajstić information content (AvgIpc) is 3.57. The number of nitrogens with two attached hydrogens (primary N) is 1. The maximum absolute atomic E-state index is 13.2. The second-order valence-corrected chi connectivity index (χ2v) is 13.2. The van der Waals surface area contributed by atoms with Crippen LogP contribution in [0.2, 0.25) is 0 Å². The van der Waals surface area contributed by atoms with Crippen LogP contribution in [0, 0.1) is 5.92 Å². The third kappa shape index (κ3) is 7.28. The Morgan fingerprint density at radius 2 is 1.96 bits per heavy atom. The number of ketones is 1. The number of nitrogens with zero attached hydrogens (tertiary/aromatic N) is 6. The molecule has 0 unspecified atom stereocenters. The van der Waals surface area contributed by atoms with Gasteiger partial charge in [-0.05, 0) is 13.8 Å². The van der Waals surface area contributed by atoms with E-state index in [-0.39, 0.29) is 46.1 Å². The molecule has 0 aliphatic carbocycles. The fourth-order valence-corrected chi connectivity index (χ4v) is 5.73. The SMILES string of the molecule is COCCn1c(-c2cc(=O)c(O)c[nH]2)nn(S(=O)(=O)CC(=O)N2C[C@H](CC(=O)/C(=N\OC(C)(C)C(=O)O)c3csc(N)n3)C2=O)c1=O. The van der Waals surface area contributed by atoms with E-state index in [1.165, 1.54) is 26.3 Å². The molecule has 0 bridgehead atoms. The van der Waals surface area contributed by atoms with Crippen LogP contribution < -0.4 is 16.9 Å². The number of carboxylic acids is 1. The summed E-state index contributed by atoms with van der Waals surface area (Å²) in [5, 5.41) is 27.7. The van der Waals surface area contributed by atoms with Gasteiger partial charge in [-0.15, -0.1) is 20.5 Å². The molecule has 252 valence electrons. The lowest BCUT2D eigenvalue weighted by molar-refractivity contribution is -0.161. The normalized spacial score (nSPS) is 15.4. The smallest absolute Gasteiger partial charge is 0.360 e. The molecule has 0 saturated carbocycles. The Labute approximate surface area is 268 Å². The molecule has 1 saturated heterocycles. The summed E-state index contributed by atoms with van der Waals surface area (Å²) in [5.41, 5.74) is 1.21. The molecule has 1 aliphatic heterocycles. The summed E-state index contributed by atoms with van der Waals surface area (Å²) in [4.78, 5) is 87.3. The summed E-state index contributed by atoms with van der Waals surface area (Å²) in [7, 11) is -3.50. The van der Waals surface area contributed by atoms with E-state index >= 15 is 0 Å². The number of Topliss-reactive ketones (excluding diaryl/α,β-unsaturated/α-hetero) is 1. The first kappa shape index (κ1) is 34.6. The van der Waals surface area contributed by atoms with Gasteiger partial charge in [0, 0.05) is 37.7 Å². The highest BCUT2D eigenvalue weighted by Crippen LogP contribution is 2.24. The largest absolute Gasteiger partial charge is 0.503 e. The van der Waals surface area contributed by atoms with Gasteiger partial charge in [-0.1, -0.05) is 5.16 Å². The average molecular weight is 697 g/mol. The van der Waals surface area contributed by atoms with E-state index in [1.54, 1.807) is 0 Å². The number of nitrogens with one attached hydrogen (secondary N) is 1. The van der Waals surface area contributed by atoms with Crippen molar-refractivity contribution in [2.75, 3.05) is 31.7 Å². The quantitative estimate of drug-likeness (QED) is 0.0821. The highest BCUT2D eigenvalue weighted by Gasteiger charge is 2.44. The van der Waals surface area contributed by atoms with E-state index in [4.69, 9.17) is 15.3 Å².